The highest BCUT2D eigenvalue weighted by Gasteiger charge is 2.43. The van der Waals surface area contributed by atoms with Crippen LogP contribution >= 0.6 is 11.3 Å². The van der Waals surface area contributed by atoms with Crippen LogP contribution in [-0.2, 0) is 6.42 Å². The van der Waals surface area contributed by atoms with Crippen molar-refractivity contribution in [3.05, 3.63) is 17.7 Å². The van der Waals surface area contributed by atoms with Crippen molar-refractivity contribution in [3.63, 3.8) is 0 Å². The number of carbonyl (C=O) groups excluding carboxylic acids is 1. The molecular formula is C18H19N5O2S. The summed E-state index contributed by atoms with van der Waals surface area (Å²) < 4.78 is 6.73. The molecule has 8 heteroatoms. The Kier molecular flexibility index (Phi) is 3.72. The van der Waals surface area contributed by atoms with Crippen molar-refractivity contribution < 1.29 is 9.53 Å². The van der Waals surface area contributed by atoms with Gasteiger partial charge >= 0.3 is 6.03 Å². The smallest absolute Gasteiger partial charge is 0.324 e. The van der Waals surface area contributed by atoms with Crippen LogP contribution in [0.25, 0.3) is 10.2 Å². The molecule has 2 saturated heterocycles. The Bertz CT molecular complexity index is 920. The first-order valence-corrected chi connectivity index (χ1v) is 9.80. The van der Waals surface area contributed by atoms with Gasteiger partial charge in [-0.25, -0.2) is 9.78 Å². The van der Waals surface area contributed by atoms with E-state index in [0.29, 0.717) is 19.7 Å². The predicted octanol–water partition coefficient (Wildman–Crippen LogP) is 2.12. The van der Waals surface area contributed by atoms with Gasteiger partial charge in [0.25, 0.3) is 0 Å². The maximum atomic E-state index is 12.7. The number of thiazole rings is 1. The third-order valence-corrected chi connectivity index (χ3v) is 6.50. The molecule has 0 spiro atoms. The summed E-state index contributed by atoms with van der Waals surface area (Å²) in [5.74, 6) is 0.910. The number of aromatic nitrogens is 1. The summed E-state index contributed by atoms with van der Waals surface area (Å²) in [4.78, 5) is 21.5. The molecule has 2 fully saturated rings. The summed E-state index contributed by atoms with van der Waals surface area (Å²) in [6.45, 7) is 2.69. The molecule has 26 heavy (non-hydrogen) atoms. The van der Waals surface area contributed by atoms with E-state index in [1.807, 2.05) is 17.0 Å². The number of amides is 2. The number of rotatable bonds is 2. The molecule has 2 aromatic rings. The van der Waals surface area contributed by atoms with Crippen molar-refractivity contribution in [1.82, 2.24) is 15.2 Å². The summed E-state index contributed by atoms with van der Waals surface area (Å²) in [5.41, 5.74) is 2.10. The predicted molar refractivity (Wildman–Crippen MR) is 98.7 cm³/mol. The topological polar surface area (TPSA) is 81.5 Å². The largest absolute Gasteiger partial charge is 0.493 e. The van der Waals surface area contributed by atoms with E-state index in [-0.39, 0.29) is 18.1 Å². The quantitative estimate of drug-likeness (QED) is 0.820. The SMILES string of the molecule is N#CCN1CCCC2NC(=O)N(c3nc4c5c(ccc4s3)OCC5)C2C1. The fourth-order valence-corrected chi connectivity index (χ4v) is 5.30. The molecule has 5 rings (SSSR count). The number of likely N-dealkylation sites (tertiary alicyclic amines) is 1. The monoisotopic (exact) mass is 369 g/mol. The molecular weight excluding hydrogens is 350 g/mol. The minimum Gasteiger partial charge on any atom is -0.493 e. The number of urea groups is 1. The van der Waals surface area contributed by atoms with Crippen LogP contribution in [-0.4, -0.2) is 54.2 Å². The van der Waals surface area contributed by atoms with Crippen LogP contribution in [0.2, 0.25) is 0 Å². The molecule has 3 aliphatic rings. The third-order valence-electron chi connectivity index (χ3n) is 5.48. The number of anilines is 1. The molecule has 2 atom stereocenters. The number of carbonyl (C=O) groups is 1. The molecule has 1 N–H and O–H groups in total. The zero-order chi connectivity index (χ0) is 17.7. The first-order valence-electron chi connectivity index (χ1n) is 8.99. The van der Waals surface area contributed by atoms with Crippen LogP contribution in [0.15, 0.2) is 12.1 Å². The van der Waals surface area contributed by atoms with Crippen molar-refractivity contribution in [2.24, 2.45) is 0 Å². The van der Waals surface area contributed by atoms with Gasteiger partial charge in [-0.3, -0.25) is 9.80 Å². The molecule has 1 aromatic heterocycles. The number of hydrogen-bond acceptors (Lipinski definition) is 6. The van der Waals surface area contributed by atoms with E-state index in [2.05, 4.69) is 16.3 Å². The number of benzene rings is 1. The van der Waals surface area contributed by atoms with Crippen molar-refractivity contribution in [2.45, 2.75) is 31.3 Å². The van der Waals surface area contributed by atoms with Crippen LogP contribution in [0, 0.1) is 11.3 Å². The number of ether oxygens (including phenoxy) is 1. The van der Waals surface area contributed by atoms with Crippen LogP contribution in [0.1, 0.15) is 18.4 Å². The zero-order valence-electron chi connectivity index (χ0n) is 14.3. The molecule has 2 amide bonds. The molecule has 0 radical (unpaired) electrons. The van der Waals surface area contributed by atoms with E-state index in [0.717, 1.165) is 52.5 Å². The molecule has 0 saturated carbocycles. The third kappa shape index (κ3) is 2.42. The first-order chi connectivity index (χ1) is 12.7. The number of nitrogens with one attached hydrogen (secondary N) is 1. The van der Waals surface area contributed by atoms with E-state index in [1.165, 1.54) is 0 Å². The lowest BCUT2D eigenvalue weighted by Crippen LogP contribution is -2.44. The van der Waals surface area contributed by atoms with Gasteiger partial charge in [-0.15, -0.1) is 0 Å². The summed E-state index contributed by atoms with van der Waals surface area (Å²) >= 11 is 1.56. The van der Waals surface area contributed by atoms with Gasteiger partial charge in [-0.1, -0.05) is 11.3 Å². The Morgan fingerprint density at radius 1 is 1.46 bits per heavy atom. The number of hydrogen-bond donors (Lipinski definition) is 1. The molecule has 7 nitrogen and oxygen atoms in total. The van der Waals surface area contributed by atoms with E-state index >= 15 is 0 Å². The standard InChI is InChI=1S/C18H19N5O2S/c19-6-8-22-7-1-2-12-13(10-22)23(17(24)20-12)18-21-16-11-5-9-25-14(11)3-4-15(16)26-18/h3-4,12-13H,1-2,5,7-10H2,(H,20,24). The van der Waals surface area contributed by atoms with E-state index < -0.39 is 0 Å². The lowest BCUT2D eigenvalue weighted by Gasteiger charge is -2.26. The minimum atomic E-state index is -0.0780. The Labute approximate surface area is 155 Å². The van der Waals surface area contributed by atoms with Crippen LogP contribution in [0.4, 0.5) is 9.93 Å². The second-order valence-corrected chi connectivity index (χ2v) is 8.02. The molecule has 0 aliphatic carbocycles. The second kappa shape index (κ2) is 6.11. The Balaban J connectivity index is 1.53. The normalized spacial score (nSPS) is 25.3. The van der Waals surface area contributed by atoms with Crippen molar-refractivity contribution >= 4 is 32.7 Å². The highest BCUT2D eigenvalue weighted by atomic mass is 32.1. The fraction of sp³-hybridized carbons (Fsp3) is 0.500. The lowest BCUT2D eigenvalue weighted by atomic mass is 10.1. The van der Waals surface area contributed by atoms with Crippen LogP contribution < -0.4 is 15.0 Å². The lowest BCUT2D eigenvalue weighted by molar-refractivity contribution is 0.249. The fourth-order valence-electron chi connectivity index (χ4n) is 4.25. The van der Waals surface area contributed by atoms with Crippen molar-refractivity contribution in [3.8, 4) is 11.8 Å². The minimum absolute atomic E-state index is 0.0169. The number of nitriles is 1. The highest BCUT2D eigenvalue weighted by Crippen LogP contribution is 2.39. The molecule has 134 valence electrons. The highest BCUT2D eigenvalue weighted by molar-refractivity contribution is 7.22. The summed E-state index contributed by atoms with van der Waals surface area (Å²) in [5, 5.41) is 12.9. The van der Waals surface area contributed by atoms with Gasteiger partial charge in [0.05, 0.1) is 41.5 Å². The van der Waals surface area contributed by atoms with E-state index in [9.17, 15) is 4.79 Å². The van der Waals surface area contributed by atoms with Crippen molar-refractivity contribution in [2.75, 3.05) is 31.1 Å². The molecule has 4 heterocycles. The molecule has 1 aromatic carbocycles. The average molecular weight is 369 g/mol. The van der Waals surface area contributed by atoms with E-state index in [1.54, 1.807) is 11.3 Å². The van der Waals surface area contributed by atoms with Gasteiger partial charge in [0.15, 0.2) is 5.13 Å². The van der Waals surface area contributed by atoms with Gasteiger partial charge in [-0.05, 0) is 31.5 Å². The van der Waals surface area contributed by atoms with Crippen LogP contribution in [0.5, 0.6) is 5.75 Å². The maximum Gasteiger partial charge on any atom is 0.324 e. The zero-order valence-corrected chi connectivity index (χ0v) is 15.1. The Morgan fingerprint density at radius 2 is 2.38 bits per heavy atom. The summed E-state index contributed by atoms with van der Waals surface area (Å²) in [6.07, 6.45) is 2.79. The average Bonchev–Trinajstić information content (AvgIpc) is 3.29. The van der Waals surface area contributed by atoms with Gasteiger partial charge in [0.1, 0.15) is 5.75 Å². The van der Waals surface area contributed by atoms with E-state index in [4.69, 9.17) is 15.0 Å². The van der Waals surface area contributed by atoms with Crippen LogP contribution in [0.3, 0.4) is 0 Å². The van der Waals surface area contributed by atoms with Gasteiger partial charge < -0.3 is 10.1 Å². The maximum absolute atomic E-state index is 12.7. The first kappa shape index (κ1) is 15.9. The van der Waals surface area contributed by atoms with Gasteiger partial charge in [0, 0.05) is 18.5 Å². The Morgan fingerprint density at radius 3 is 3.27 bits per heavy atom. The second-order valence-electron chi connectivity index (χ2n) is 7.01. The molecule has 2 unspecified atom stereocenters. The Hall–Kier alpha value is -2.37. The van der Waals surface area contributed by atoms with Crippen molar-refractivity contribution in [1.29, 1.82) is 5.26 Å². The number of nitrogens with zero attached hydrogens (tertiary/aromatic N) is 4. The molecule has 3 aliphatic heterocycles. The van der Waals surface area contributed by atoms with Gasteiger partial charge in [-0.2, -0.15) is 5.26 Å². The summed E-state index contributed by atoms with van der Waals surface area (Å²) in [7, 11) is 0. The number of fused-ring (bicyclic) bond motifs is 4. The summed E-state index contributed by atoms with van der Waals surface area (Å²) in [6, 6.07) is 6.32. The molecule has 0 bridgehead atoms. The van der Waals surface area contributed by atoms with Gasteiger partial charge in [0.2, 0.25) is 0 Å².